The molecule has 0 spiro atoms. The summed E-state index contributed by atoms with van der Waals surface area (Å²) >= 11 is 3.40. The first-order valence-corrected chi connectivity index (χ1v) is 7.63. The predicted molar refractivity (Wildman–Crippen MR) is 89.9 cm³/mol. The van der Waals surface area contributed by atoms with Gasteiger partial charge in [0.2, 0.25) is 0 Å². The van der Waals surface area contributed by atoms with Crippen molar-refractivity contribution in [2.45, 2.75) is 13.3 Å². The van der Waals surface area contributed by atoms with E-state index in [1.807, 2.05) is 54.6 Å². The summed E-state index contributed by atoms with van der Waals surface area (Å²) in [6.07, 6.45) is 2.87. The van der Waals surface area contributed by atoms with Crippen molar-refractivity contribution < 1.29 is 4.74 Å². The summed E-state index contributed by atoms with van der Waals surface area (Å²) in [6.45, 7) is 2.80. The number of rotatable bonds is 5. The maximum atomic E-state index is 9.33. The molecule has 0 aromatic heterocycles. The lowest BCUT2D eigenvalue weighted by atomic mass is 10.0. The number of allylic oxidation sites excluding steroid dienone is 1. The maximum absolute atomic E-state index is 9.33. The van der Waals surface area contributed by atoms with Crippen molar-refractivity contribution in [3.63, 3.8) is 0 Å². The third-order valence-electron chi connectivity index (χ3n) is 2.94. The van der Waals surface area contributed by atoms with Crippen LogP contribution in [0.5, 0.6) is 5.75 Å². The minimum absolute atomic E-state index is 0.643. The summed E-state index contributed by atoms with van der Waals surface area (Å²) in [5.74, 6) is 0.858. The van der Waals surface area contributed by atoms with E-state index < -0.39 is 0 Å². The van der Waals surface area contributed by atoms with E-state index in [-0.39, 0.29) is 0 Å². The molecule has 0 aliphatic rings. The zero-order valence-corrected chi connectivity index (χ0v) is 13.4. The monoisotopic (exact) mass is 341 g/mol. The lowest BCUT2D eigenvalue weighted by Crippen LogP contribution is -1.94. The molecule has 0 aliphatic carbocycles. The smallest absolute Gasteiger partial charge is 0.119 e. The van der Waals surface area contributed by atoms with Crippen LogP contribution in [0.3, 0.4) is 0 Å². The Morgan fingerprint density at radius 1 is 1.14 bits per heavy atom. The van der Waals surface area contributed by atoms with E-state index in [1.165, 1.54) is 0 Å². The molecule has 0 N–H and O–H groups in total. The van der Waals surface area contributed by atoms with Gasteiger partial charge >= 0.3 is 0 Å². The number of benzene rings is 2. The number of nitriles is 1. The van der Waals surface area contributed by atoms with Gasteiger partial charge in [-0.15, -0.1) is 0 Å². The predicted octanol–water partition coefficient (Wildman–Crippen LogP) is 5.30. The van der Waals surface area contributed by atoms with Gasteiger partial charge in [-0.25, -0.2) is 0 Å². The summed E-state index contributed by atoms with van der Waals surface area (Å²) in [6, 6.07) is 17.7. The summed E-state index contributed by atoms with van der Waals surface area (Å²) in [5, 5.41) is 9.33. The largest absolute Gasteiger partial charge is 0.494 e. The van der Waals surface area contributed by atoms with E-state index in [0.29, 0.717) is 5.57 Å². The van der Waals surface area contributed by atoms with Gasteiger partial charge in [-0.2, -0.15) is 5.26 Å². The molecule has 0 saturated heterocycles. The first-order chi connectivity index (χ1) is 10.2. The van der Waals surface area contributed by atoms with Gasteiger partial charge in [-0.1, -0.05) is 47.1 Å². The normalized spacial score (nSPS) is 11.0. The SMILES string of the molecule is CCCOc1ccc(/C=C(\C#N)c2ccc(Br)cc2)cc1. The molecule has 106 valence electrons. The second-order valence-corrected chi connectivity index (χ2v) is 5.51. The highest BCUT2D eigenvalue weighted by molar-refractivity contribution is 9.10. The number of halogens is 1. The molecule has 2 aromatic carbocycles. The van der Waals surface area contributed by atoms with Gasteiger partial charge in [0.25, 0.3) is 0 Å². The Bertz CT molecular complexity index is 651. The van der Waals surface area contributed by atoms with Crippen molar-refractivity contribution in [1.82, 2.24) is 0 Å². The highest BCUT2D eigenvalue weighted by atomic mass is 79.9. The van der Waals surface area contributed by atoms with E-state index in [2.05, 4.69) is 28.9 Å². The molecular weight excluding hydrogens is 326 g/mol. The van der Waals surface area contributed by atoms with E-state index in [9.17, 15) is 5.26 Å². The average molecular weight is 342 g/mol. The molecule has 0 aliphatic heterocycles. The van der Waals surface area contributed by atoms with Gasteiger partial charge in [0, 0.05) is 4.47 Å². The summed E-state index contributed by atoms with van der Waals surface area (Å²) < 4.78 is 6.55. The molecule has 0 radical (unpaired) electrons. The topological polar surface area (TPSA) is 33.0 Å². The number of hydrogen-bond acceptors (Lipinski definition) is 2. The van der Waals surface area contributed by atoms with Crippen LogP contribution in [-0.2, 0) is 0 Å². The van der Waals surface area contributed by atoms with E-state index >= 15 is 0 Å². The fraction of sp³-hybridized carbons (Fsp3) is 0.167. The van der Waals surface area contributed by atoms with Crippen LogP contribution in [0.15, 0.2) is 53.0 Å². The zero-order chi connectivity index (χ0) is 15.1. The third kappa shape index (κ3) is 4.47. The van der Waals surface area contributed by atoms with Crippen molar-refractivity contribution >= 4 is 27.6 Å². The molecule has 0 bridgehead atoms. The van der Waals surface area contributed by atoms with Crippen molar-refractivity contribution in [1.29, 1.82) is 5.26 Å². The van der Waals surface area contributed by atoms with Crippen LogP contribution in [0.4, 0.5) is 0 Å². The van der Waals surface area contributed by atoms with Crippen LogP contribution in [0, 0.1) is 11.3 Å². The Hall–Kier alpha value is -2.05. The fourth-order valence-corrected chi connectivity index (χ4v) is 2.12. The molecular formula is C18H16BrNO. The molecule has 2 aromatic rings. The fourth-order valence-electron chi connectivity index (χ4n) is 1.86. The quantitative estimate of drug-likeness (QED) is 0.545. The molecule has 2 rings (SSSR count). The van der Waals surface area contributed by atoms with Crippen LogP contribution >= 0.6 is 15.9 Å². The molecule has 2 nitrogen and oxygen atoms in total. The van der Waals surface area contributed by atoms with Gasteiger partial charge in [0.1, 0.15) is 5.75 Å². The van der Waals surface area contributed by atoms with Crippen molar-refractivity contribution in [3.8, 4) is 11.8 Å². The highest BCUT2D eigenvalue weighted by Crippen LogP contribution is 2.21. The lowest BCUT2D eigenvalue weighted by molar-refractivity contribution is 0.317. The molecule has 0 amide bonds. The van der Waals surface area contributed by atoms with E-state index in [0.717, 1.165) is 34.4 Å². The Balaban J connectivity index is 2.20. The van der Waals surface area contributed by atoms with Crippen LogP contribution in [0.25, 0.3) is 11.6 Å². The van der Waals surface area contributed by atoms with Crippen LogP contribution < -0.4 is 4.74 Å². The van der Waals surface area contributed by atoms with Gasteiger partial charge in [-0.3, -0.25) is 0 Å². The first-order valence-electron chi connectivity index (χ1n) is 6.83. The van der Waals surface area contributed by atoms with Crippen LogP contribution in [-0.4, -0.2) is 6.61 Å². The minimum Gasteiger partial charge on any atom is -0.494 e. The summed E-state index contributed by atoms with van der Waals surface area (Å²) in [4.78, 5) is 0. The second kappa shape index (κ2) is 7.66. The lowest BCUT2D eigenvalue weighted by Gasteiger charge is -2.05. The minimum atomic E-state index is 0.643. The van der Waals surface area contributed by atoms with Gasteiger partial charge in [-0.05, 0) is 47.9 Å². The standard InChI is InChI=1S/C18H16BrNO/c1-2-11-21-18-9-3-14(4-10-18)12-16(13-20)15-5-7-17(19)8-6-15/h3-10,12H,2,11H2,1H3/b16-12+. The van der Waals surface area contributed by atoms with E-state index in [4.69, 9.17) is 4.74 Å². The molecule has 3 heteroatoms. The molecule has 0 atom stereocenters. The maximum Gasteiger partial charge on any atom is 0.119 e. The molecule has 0 saturated carbocycles. The Labute approximate surface area is 133 Å². The zero-order valence-electron chi connectivity index (χ0n) is 11.8. The van der Waals surface area contributed by atoms with Gasteiger partial charge in [0.05, 0.1) is 18.2 Å². The van der Waals surface area contributed by atoms with Gasteiger partial charge < -0.3 is 4.74 Å². The average Bonchev–Trinajstić information content (AvgIpc) is 2.53. The van der Waals surface area contributed by atoms with Crippen LogP contribution in [0.1, 0.15) is 24.5 Å². The molecule has 21 heavy (non-hydrogen) atoms. The number of hydrogen-bond donors (Lipinski definition) is 0. The van der Waals surface area contributed by atoms with E-state index in [1.54, 1.807) is 0 Å². The Kier molecular flexibility index (Phi) is 5.59. The first kappa shape index (κ1) is 15.3. The Morgan fingerprint density at radius 3 is 2.38 bits per heavy atom. The molecule has 0 fully saturated rings. The van der Waals surface area contributed by atoms with Gasteiger partial charge in [0.15, 0.2) is 0 Å². The number of ether oxygens (including phenoxy) is 1. The molecule has 0 heterocycles. The van der Waals surface area contributed by atoms with Crippen molar-refractivity contribution in [3.05, 3.63) is 64.1 Å². The third-order valence-corrected chi connectivity index (χ3v) is 3.47. The highest BCUT2D eigenvalue weighted by Gasteiger charge is 2.01. The van der Waals surface area contributed by atoms with Crippen molar-refractivity contribution in [2.24, 2.45) is 0 Å². The Morgan fingerprint density at radius 2 is 1.81 bits per heavy atom. The summed E-state index contributed by atoms with van der Waals surface area (Å²) in [5.41, 5.74) is 2.54. The van der Waals surface area contributed by atoms with Crippen LogP contribution in [0.2, 0.25) is 0 Å². The molecule has 0 unspecified atom stereocenters. The number of nitrogens with zero attached hydrogens (tertiary/aromatic N) is 1. The second-order valence-electron chi connectivity index (χ2n) is 4.59. The van der Waals surface area contributed by atoms with Crippen molar-refractivity contribution in [2.75, 3.05) is 6.61 Å². The summed E-state index contributed by atoms with van der Waals surface area (Å²) in [7, 11) is 0.